The molecule has 108 valence electrons. The Labute approximate surface area is 123 Å². The fourth-order valence-corrected chi connectivity index (χ4v) is 2.58. The molecule has 1 amide bonds. The van der Waals surface area contributed by atoms with Crippen molar-refractivity contribution in [3.63, 3.8) is 0 Å². The Balaban J connectivity index is 1.96. The number of benzene rings is 2. The molecule has 1 unspecified atom stereocenters. The maximum Gasteiger partial charge on any atom is 0.262 e. The molecule has 0 bridgehead atoms. The smallest absolute Gasteiger partial charge is 0.262 e. The summed E-state index contributed by atoms with van der Waals surface area (Å²) in [5, 5.41) is 13.3. The Kier molecular flexibility index (Phi) is 3.39. The highest BCUT2D eigenvalue weighted by Crippen LogP contribution is 2.33. The number of aryl methyl sites for hydroxylation is 2. The van der Waals surface area contributed by atoms with Crippen LogP contribution in [0.3, 0.4) is 0 Å². The van der Waals surface area contributed by atoms with E-state index < -0.39 is 6.10 Å². The molecule has 1 aliphatic heterocycles. The molecule has 0 fully saturated rings. The van der Waals surface area contributed by atoms with Crippen molar-refractivity contribution in [2.24, 2.45) is 0 Å². The first-order chi connectivity index (χ1) is 10.0. The van der Waals surface area contributed by atoms with E-state index in [4.69, 9.17) is 4.74 Å². The van der Waals surface area contributed by atoms with Gasteiger partial charge in [0.05, 0.1) is 5.69 Å². The molecule has 2 aromatic rings. The van der Waals surface area contributed by atoms with Gasteiger partial charge in [0.2, 0.25) is 0 Å². The maximum atomic E-state index is 11.4. The summed E-state index contributed by atoms with van der Waals surface area (Å²) in [5.74, 6) is 0.451. The van der Waals surface area contributed by atoms with E-state index >= 15 is 0 Å². The predicted octanol–water partition coefficient (Wildman–Crippen LogP) is 2.72. The summed E-state index contributed by atoms with van der Waals surface area (Å²) in [4.78, 5) is 11.4. The van der Waals surface area contributed by atoms with Gasteiger partial charge in [0, 0.05) is 0 Å². The predicted molar refractivity (Wildman–Crippen MR) is 80.5 cm³/mol. The Morgan fingerprint density at radius 1 is 1.19 bits per heavy atom. The number of hydrogen-bond donors (Lipinski definition) is 2. The van der Waals surface area contributed by atoms with Crippen LogP contribution in [0.1, 0.15) is 28.4 Å². The summed E-state index contributed by atoms with van der Waals surface area (Å²) in [6, 6.07) is 11.3. The molecule has 21 heavy (non-hydrogen) atoms. The standard InChI is InChI=1S/C17H17NO3/c1-10-3-5-13(11(2)7-10)17(20)12-4-6-15-14(8-12)18-16(19)9-21-15/h3-8,17,20H,9H2,1-2H3,(H,18,19). The summed E-state index contributed by atoms with van der Waals surface area (Å²) in [6.45, 7) is 4.04. The minimum Gasteiger partial charge on any atom is -0.482 e. The van der Waals surface area contributed by atoms with Crippen LogP contribution in [0.5, 0.6) is 5.75 Å². The number of rotatable bonds is 2. The van der Waals surface area contributed by atoms with Gasteiger partial charge in [-0.1, -0.05) is 29.8 Å². The average Bonchev–Trinajstić information content (AvgIpc) is 2.46. The van der Waals surface area contributed by atoms with Crippen LogP contribution in [0.15, 0.2) is 36.4 Å². The van der Waals surface area contributed by atoms with Gasteiger partial charge in [-0.05, 0) is 42.7 Å². The molecule has 0 spiro atoms. The van der Waals surface area contributed by atoms with Crippen molar-refractivity contribution in [2.75, 3.05) is 11.9 Å². The number of anilines is 1. The molecule has 0 radical (unpaired) electrons. The van der Waals surface area contributed by atoms with E-state index in [0.717, 1.165) is 22.3 Å². The molecule has 2 aromatic carbocycles. The second-order valence-electron chi connectivity index (χ2n) is 5.36. The van der Waals surface area contributed by atoms with E-state index in [1.165, 1.54) is 0 Å². The van der Waals surface area contributed by atoms with Crippen LogP contribution >= 0.6 is 0 Å². The molecule has 1 heterocycles. The van der Waals surface area contributed by atoms with Gasteiger partial charge in [0.15, 0.2) is 6.61 Å². The second kappa shape index (κ2) is 5.22. The molecule has 0 saturated carbocycles. The summed E-state index contributed by atoms with van der Waals surface area (Å²) in [6.07, 6.45) is -0.727. The second-order valence-corrected chi connectivity index (χ2v) is 5.36. The highest BCUT2D eigenvalue weighted by molar-refractivity contribution is 5.95. The molecule has 0 saturated heterocycles. The molecular formula is C17H17NO3. The van der Waals surface area contributed by atoms with Crippen molar-refractivity contribution in [3.8, 4) is 5.75 Å². The Morgan fingerprint density at radius 2 is 2.00 bits per heavy atom. The molecular weight excluding hydrogens is 266 g/mol. The van der Waals surface area contributed by atoms with Crippen LogP contribution in [0, 0.1) is 13.8 Å². The minimum absolute atomic E-state index is 0.0337. The third-order valence-corrected chi connectivity index (χ3v) is 3.67. The van der Waals surface area contributed by atoms with Crippen LogP contribution in [-0.2, 0) is 4.79 Å². The van der Waals surface area contributed by atoms with Crippen LogP contribution in [0.25, 0.3) is 0 Å². The lowest BCUT2D eigenvalue weighted by atomic mass is 9.95. The van der Waals surface area contributed by atoms with E-state index in [0.29, 0.717) is 11.4 Å². The molecule has 4 nitrogen and oxygen atoms in total. The fourth-order valence-electron chi connectivity index (χ4n) is 2.58. The zero-order valence-electron chi connectivity index (χ0n) is 12.0. The van der Waals surface area contributed by atoms with Crippen molar-refractivity contribution >= 4 is 11.6 Å². The van der Waals surface area contributed by atoms with Crippen LogP contribution in [0.2, 0.25) is 0 Å². The number of carbonyl (C=O) groups is 1. The molecule has 4 heteroatoms. The normalized spacial score (nSPS) is 14.9. The van der Waals surface area contributed by atoms with E-state index in [1.54, 1.807) is 12.1 Å². The van der Waals surface area contributed by atoms with Crippen molar-refractivity contribution in [2.45, 2.75) is 20.0 Å². The fraction of sp³-hybridized carbons (Fsp3) is 0.235. The van der Waals surface area contributed by atoms with Crippen molar-refractivity contribution in [1.29, 1.82) is 0 Å². The van der Waals surface area contributed by atoms with Gasteiger partial charge in [-0.25, -0.2) is 0 Å². The number of ether oxygens (including phenoxy) is 1. The molecule has 1 aliphatic rings. The highest BCUT2D eigenvalue weighted by atomic mass is 16.5. The average molecular weight is 283 g/mol. The zero-order chi connectivity index (χ0) is 15.0. The van der Waals surface area contributed by atoms with E-state index in [2.05, 4.69) is 5.32 Å². The minimum atomic E-state index is -0.727. The first-order valence-corrected chi connectivity index (χ1v) is 6.86. The third-order valence-electron chi connectivity index (χ3n) is 3.67. The molecule has 3 rings (SSSR count). The van der Waals surface area contributed by atoms with Crippen LogP contribution < -0.4 is 10.1 Å². The van der Waals surface area contributed by atoms with Crippen LogP contribution in [0.4, 0.5) is 5.69 Å². The van der Waals surface area contributed by atoms with E-state index in [-0.39, 0.29) is 12.5 Å². The van der Waals surface area contributed by atoms with Crippen LogP contribution in [-0.4, -0.2) is 17.6 Å². The third kappa shape index (κ3) is 2.62. The number of amides is 1. The van der Waals surface area contributed by atoms with Gasteiger partial charge < -0.3 is 15.2 Å². The lowest BCUT2D eigenvalue weighted by Crippen LogP contribution is -2.25. The summed E-state index contributed by atoms with van der Waals surface area (Å²) in [7, 11) is 0. The van der Waals surface area contributed by atoms with Gasteiger partial charge in [-0.2, -0.15) is 0 Å². The lowest BCUT2D eigenvalue weighted by molar-refractivity contribution is -0.118. The number of nitrogens with one attached hydrogen (secondary N) is 1. The topological polar surface area (TPSA) is 58.6 Å². The van der Waals surface area contributed by atoms with Crippen molar-refractivity contribution < 1.29 is 14.6 Å². The SMILES string of the molecule is Cc1ccc(C(O)c2ccc3c(c2)NC(=O)CO3)c(C)c1. The number of hydrogen-bond acceptors (Lipinski definition) is 3. The first-order valence-electron chi connectivity index (χ1n) is 6.86. The van der Waals surface area contributed by atoms with Crippen molar-refractivity contribution in [1.82, 2.24) is 0 Å². The first kappa shape index (κ1) is 13.6. The van der Waals surface area contributed by atoms with Gasteiger partial charge >= 0.3 is 0 Å². The zero-order valence-corrected chi connectivity index (χ0v) is 12.0. The monoisotopic (exact) mass is 283 g/mol. The Morgan fingerprint density at radius 3 is 2.76 bits per heavy atom. The highest BCUT2D eigenvalue weighted by Gasteiger charge is 2.19. The van der Waals surface area contributed by atoms with Gasteiger partial charge in [0.1, 0.15) is 11.9 Å². The number of aliphatic hydroxyl groups is 1. The number of fused-ring (bicyclic) bond motifs is 1. The largest absolute Gasteiger partial charge is 0.482 e. The number of aliphatic hydroxyl groups excluding tert-OH is 1. The summed E-state index contributed by atoms with van der Waals surface area (Å²) >= 11 is 0. The summed E-state index contributed by atoms with van der Waals surface area (Å²) in [5.41, 5.74) is 4.40. The van der Waals surface area contributed by atoms with Crippen molar-refractivity contribution in [3.05, 3.63) is 58.7 Å². The molecule has 2 N–H and O–H groups in total. The van der Waals surface area contributed by atoms with E-state index in [1.807, 2.05) is 38.1 Å². The van der Waals surface area contributed by atoms with Gasteiger partial charge in [-0.3, -0.25) is 4.79 Å². The maximum absolute atomic E-state index is 11.4. The quantitative estimate of drug-likeness (QED) is 0.891. The van der Waals surface area contributed by atoms with E-state index in [9.17, 15) is 9.90 Å². The van der Waals surface area contributed by atoms with Gasteiger partial charge in [0.25, 0.3) is 5.91 Å². The lowest BCUT2D eigenvalue weighted by Gasteiger charge is -2.21. The molecule has 0 aromatic heterocycles. The Bertz CT molecular complexity index is 709. The molecule has 0 aliphatic carbocycles. The van der Waals surface area contributed by atoms with Gasteiger partial charge in [-0.15, -0.1) is 0 Å². The molecule has 1 atom stereocenters. The number of carbonyl (C=O) groups excluding carboxylic acids is 1. The Hall–Kier alpha value is -2.33. The summed E-state index contributed by atoms with van der Waals surface area (Å²) < 4.78 is 5.32.